The number of nitrogens with zero attached hydrogens (tertiary/aromatic N) is 3. The van der Waals surface area contributed by atoms with Gasteiger partial charge < -0.3 is 14.2 Å². The van der Waals surface area contributed by atoms with Crippen molar-refractivity contribution in [2.75, 3.05) is 20.8 Å². The van der Waals surface area contributed by atoms with Crippen LogP contribution in [0.25, 0.3) is 0 Å². The van der Waals surface area contributed by atoms with E-state index in [9.17, 15) is 4.79 Å². The van der Waals surface area contributed by atoms with Crippen LogP contribution in [0.4, 0.5) is 0 Å². The maximum Gasteiger partial charge on any atom is 0.388 e. The molecule has 8 nitrogen and oxygen atoms in total. The normalized spacial score (nSPS) is 10.9. The molecule has 0 spiro atoms. The largest absolute Gasteiger partial charge is 0.464 e. The van der Waals surface area contributed by atoms with E-state index in [0.717, 1.165) is 11.5 Å². The van der Waals surface area contributed by atoms with Crippen molar-refractivity contribution in [3.8, 4) is 5.19 Å². The lowest BCUT2D eigenvalue weighted by Gasteiger charge is -2.01. The van der Waals surface area contributed by atoms with Gasteiger partial charge in [-0.1, -0.05) is 0 Å². The lowest BCUT2D eigenvalue weighted by Crippen LogP contribution is -2.18. The zero-order chi connectivity index (χ0) is 13.5. The van der Waals surface area contributed by atoms with Gasteiger partial charge in [-0.05, 0) is 6.92 Å². The van der Waals surface area contributed by atoms with Crippen molar-refractivity contribution in [3.63, 3.8) is 0 Å². The highest BCUT2D eigenvalue weighted by atomic mass is 32.1. The number of aliphatic imine (C=N–C) groups is 1. The van der Waals surface area contributed by atoms with Gasteiger partial charge in [0, 0.05) is 18.6 Å². The van der Waals surface area contributed by atoms with Gasteiger partial charge in [-0.15, -0.1) is 0 Å². The summed E-state index contributed by atoms with van der Waals surface area (Å²) >= 11 is 0.883. The maximum absolute atomic E-state index is 11.3. The first-order valence-electron chi connectivity index (χ1n) is 4.90. The minimum atomic E-state index is -0.637. The molecule has 0 aromatic carbocycles. The first-order valence-corrected chi connectivity index (χ1v) is 5.68. The van der Waals surface area contributed by atoms with Gasteiger partial charge in [-0.25, -0.2) is 10.2 Å². The molecule has 9 heteroatoms. The molecule has 0 atom stereocenters. The first kappa shape index (κ1) is 14.0. The fourth-order valence-corrected chi connectivity index (χ4v) is 1.50. The summed E-state index contributed by atoms with van der Waals surface area (Å²) in [5.41, 5.74) is -0.00783. The Morgan fingerprint density at radius 3 is 2.83 bits per heavy atom. The number of nitrogens with one attached hydrogen (secondary N) is 1. The average molecular weight is 272 g/mol. The summed E-state index contributed by atoms with van der Waals surface area (Å²) in [4.78, 5) is 19.0. The minimum Gasteiger partial charge on any atom is -0.464 e. The summed E-state index contributed by atoms with van der Waals surface area (Å²) in [5, 5.41) is 7.37. The molecule has 0 bridgehead atoms. The van der Waals surface area contributed by atoms with Crippen LogP contribution in [0.1, 0.15) is 12.7 Å². The summed E-state index contributed by atoms with van der Waals surface area (Å²) in [7, 11) is 2.66. The predicted octanol–water partition coefficient (Wildman–Crippen LogP) is 0.480. The second-order valence-corrected chi connectivity index (χ2v) is 3.48. The minimum absolute atomic E-state index is 0.00783. The number of carbonyl (C=O) groups excluding carboxylic acids is 1. The number of carbonyl (C=O) groups is 1. The van der Waals surface area contributed by atoms with Crippen LogP contribution in [-0.2, 0) is 14.3 Å². The molecule has 18 heavy (non-hydrogen) atoms. The van der Waals surface area contributed by atoms with Gasteiger partial charge in [0.05, 0.1) is 13.7 Å². The van der Waals surface area contributed by atoms with Crippen LogP contribution in [0, 0.1) is 5.41 Å². The lowest BCUT2D eigenvalue weighted by atomic mass is 10.3. The quantitative estimate of drug-likeness (QED) is 0.485. The van der Waals surface area contributed by atoms with Crippen LogP contribution in [0.3, 0.4) is 0 Å². The third-order valence-electron chi connectivity index (χ3n) is 1.68. The molecule has 0 saturated carbocycles. The van der Waals surface area contributed by atoms with Crippen molar-refractivity contribution in [3.05, 3.63) is 5.82 Å². The topological polar surface area (TPSA) is 107 Å². The number of hydrogen-bond donors (Lipinski definition) is 1. The lowest BCUT2D eigenvalue weighted by molar-refractivity contribution is -0.132. The molecule has 0 aliphatic rings. The monoisotopic (exact) mass is 272 g/mol. The summed E-state index contributed by atoms with van der Waals surface area (Å²) in [6.45, 7) is 2.04. The van der Waals surface area contributed by atoms with Crippen LogP contribution in [-0.4, -0.2) is 47.9 Å². The Labute approximate surface area is 107 Å². The van der Waals surface area contributed by atoms with Gasteiger partial charge in [-0.3, -0.25) is 4.99 Å². The number of rotatable bonds is 4. The Bertz CT molecular complexity index is 471. The van der Waals surface area contributed by atoms with E-state index >= 15 is 0 Å². The summed E-state index contributed by atoms with van der Waals surface area (Å²) in [6, 6.07) is 0. The van der Waals surface area contributed by atoms with E-state index in [0.29, 0.717) is 6.61 Å². The van der Waals surface area contributed by atoms with Crippen LogP contribution < -0.4 is 4.74 Å². The van der Waals surface area contributed by atoms with Crippen LogP contribution in [0.2, 0.25) is 0 Å². The van der Waals surface area contributed by atoms with Crippen LogP contribution in [0.15, 0.2) is 4.99 Å². The smallest absolute Gasteiger partial charge is 0.388 e. The Morgan fingerprint density at radius 2 is 2.28 bits per heavy atom. The zero-order valence-electron chi connectivity index (χ0n) is 10.1. The van der Waals surface area contributed by atoms with Crippen molar-refractivity contribution < 1.29 is 19.0 Å². The Morgan fingerprint density at radius 1 is 1.56 bits per heavy atom. The summed E-state index contributed by atoms with van der Waals surface area (Å²) < 4.78 is 18.2. The second-order valence-electron chi connectivity index (χ2n) is 2.77. The van der Waals surface area contributed by atoms with Crippen molar-refractivity contribution in [2.24, 2.45) is 4.99 Å². The average Bonchev–Trinajstić information content (AvgIpc) is 2.78. The molecule has 0 fully saturated rings. The standard InChI is InChI=1S/C9H12N4O4S/c1-4-16-8(10)17-9-12-6(13-18-9)5(11-2)7(14)15-3/h10H,4H2,1-3H3. The molecule has 98 valence electrons. The molecule has 1 rings (SSSR count). The van der Waals surface area contributed by atoms with Crippen molar-refractivity contribution in [1.82, 2.24) is 9.36 Å². The second kappa shape index (κ2) is 6.64. The van der Waals surface area contributed by atoms with Crippen molar-refractivity contribution >= 4 is 29.3 Å². The molecule has 1 heterocycles. The molecular weight excluding hydrogens is 260 g/mol. The third-order valence-corrected chi connectivity index (χ3v) is 2.27. The highest BCUT2D eigenvalue weighted by molar-refractivity contribution is 7.07. The Kier molecular flexibility index (Phi) is 5.18. The van der Waals surface area contributed by atoms with E-state index in [4.69, 9.17) is 14.9 Å². The van der Waals surface area contributed by atoms with E-state index in [2.05, 4.69) is 19.1 Å². The number of aromatic nitrogens is 2. The van der Waals surface area contributed by atoms with E-state index in [1.807, 2.05) is 0 Å². The number of ether oxygens (including phenoxy) is 3. The van der Waals surface area contributed by atoms with Crippen molar-refractivity contribution in [2.45, 2.75) is 6.92 Å². The molecule has 0 saturated heterocycles. The van der Waals surface area contributed by atoms with E-state index in [-0.39, 0.29) is 22.8 Å². The van der Waals surface area contributed by atoms with Crippen LogP contribution >= 0.6 is 11.5 Å². The van der Waals surface area contributed by atoms with Gasteiger partial charge in [-0.2, -0.15) is 9.36 Å². The molecule has 0 aliphatic heterocycles. The fourth-order valence-electron chi connectivity index (χ4n) is 0.966. The van der Waals surface area contributed by atoms with Gasteiger partial charge in [0.15, 0.2) is 5.71 Å². The zero-order valence-corrected chi connectivity index (χ0v) is 10.9. The molecule has 0 aliphatic carbocycles. The highest BCUT2D eigenvalue weighted by Crippen LogP contribution is 2.15. The molecule has 1 N–H and O–H groups in total. The molecule has 0 radical (unpaired) electrons. The maximum atomic E-state index is 11.3. The van der Waals surface area contributed by atoms with E-state index < -0.39 is 5.97 Å². The van der Waals surface area contributed by atoms with Crippen molar-refractivity contribution in [1.29, 1.82) is 5.41 Å². The SMILES string of the molecule is CCOC(=N)Oc1nc(C(=NC)C(=O)OC)ns1. The number of methoxy groups -OCH3 is 1. The van der Waals surface area contributed by atoms with Crippen LogP contribution in [0.5, 0.6) is 5.19 Å². The summed E-state index contributed by atoms with van der Waals surface area (Å²) in [6.07, 6.45) is -0.381. The number of hydrogen-bond acceptors (Lipinski definition) is 9. The Hall–Kier alpha value is -2.03. The number of esters is 1. The molecule has 0 unspecified atom stereocenters. The Balaban J connectivity index is 2.79. The highest BCUT2D eigenvalue weighted by Gasteiger charge is 2.20. The van der Waals surface area contributed by atoms with E-state index in [1.54, 1.807) is 6.92 Å². The van der Waals surface area contributed by atoms with Gasteiger partial charge in [0.1, 0.15) is 0 Å². The van der Waals surface area contributed by atoms with Gasteiger partial charge >= 0.3 is 17.2 Å². The van der Waals surface area contributed by atoms with Gasteiger partial charge in [0.2, 0.25) is 5.82 Å². The molecule has 1 aromatic heterocycles. The third kappa shape index (κ3) is 3.48. The van der Waals surface area contributed by atoms with Gasteiger partial charge in [0.25, 0.3) is 0 Å². The predicted molar refractivity (Wildman–Crippen MR) is 64.4 cm³/mol. The molecule has 1 aromatic rings. The van der Waals surface area contributed by atoms with E-state index in [1.165, 1.54) is 14.2 Å². The fraction of sp³-hybridized carbons (Fsp3) is 0.444. The molecular formula is C9H12N4O4S. The first-order chi connectivity index (χ1) is 8.62. The summed E-state index contributed by atoms with van der Waals surface area (Å²) in [5.74, 6) is -0.546. The molecule has 0 amide bonds.